The standard InChI is InChI=1S/C14H18N2O3/c1-10-7-11(9-15-8-10)13(17)16-6-4-3-5-12(16)14(18)19-2/h7-9,12H,3-6H2,1-2H3. The summed E-state index contributed by atoms with van der Waals surface area (Å²) in [6.45, 7) is 2.48. The van der Waals surface area contributed by atoms with Crippen molar-refractivity contribution in [1.29, 1.82) is 0 Å². The van der Waals surface area contributed by atoms with E-state index in [1.807, 2.05) is 6.92 Å². The highest BCUT2D eigenvalue weighted by Gasteiger charge is 2.33. The molecular formula is C14H18N2O3. The molecule has 0 aromatic carbocycles. The first-order valence-corrected chi connectivity index (χ1v) is 6.44. The van der Waals surface area contributed by atoms with Gasteiger partial charge in [0.25, 0.3) is 5.91 Å². The minimum atomic E-state index is -0.466. The van der Waals surface area contributed by atoms with E-state index in [1.165, 1.54) is 13.3 Å². The first-order chi connectivity index (χ1) is 9.13. The Kier molecular flexibility index (Phi) is 4.14. The summed E-state index contributed by atoms with van der Waals surface area (Å²) in [5.74, 6) is -0.486. The zero-order chi connectivity index (χ0) is 13.8. The number of aromatic nitrogens is 1. The fourth-order valence-electron chi connectivity index (χ4n) is 2.39. The van der Waals surface area contributed by atoms with Crippen molar-refractivity contribution < 1.29 is 14.3 Å². The number of amides is 1. The van der Waals surface area contributed by atoms with Gasteiger partial charge in [-0.25, -0.2) is 4.79 Å². The third-order valence-corrected chi connectivity index (χ3v) is 3.36. The first-order valence-electron chi connectivity index (χ1n) is 6.44. The number of piperidine rings is 1. The van der Waals surface area contributed by atoms with Crippen LogP contribution in [0.5, 0.6) is 0 Å². The third-order valence-electron chi connectivity index (χ3n) is 3.36. The van der Waals surface area contributed by atoms with E-state index < -0.39 is 6.04 Å². The van der Waals surface area contributed by atoms with Gasteiger partial charge in [0.2, 0.25) is 0 Å². The Balaban J connectivity index is 2.22. The molecule has 0 radical (unpaired) electrons. The molecule has 0 spiro atoms. The smallest absolute Gasteiger partial charge is 0.328 e. The van der Waals surface area contributed by atoms with Crippen molar-refractivity contribution in [2.45, 2.75) is 32.2 Å². The van der Waals surface area contributed by atoms with Gasteiger partial charge in [-0.15, -0.1) is 0 Å². The summed E-state index contributed by atoms with van der Waals surface area (Å²) in [4.78, 5) is 29.8. The van der Waals surface area contributed by atoms with Gasteiger partial charge in [0.1, 0.15) is 6.04 Å². The summed E-state index contributed by atoms with van der Waals surface area (Å²) in [7, 11) is 1.35. The Morgan fingerprint density at radius 3 is 2.84 bits per heavy atom. The van der Waals surface area contributed by atoms with E-state index in [-0.39, 0.29) is 11.9 Å². The van der Waals surface area contributed by atoms with Crippen LogP contribution < -0.4 is 0 Å². The molecule has 1 aromatic heterocycles. The minimum absolute atomic E-state index is 0.147. The molecule has 1 aliphatic rings. The second-order valence-electron chi connectivity index (χ2n) is 4.78. The average molecular weight is 262 g/mol. The van der Waals surface area contributed by atoms with E-state index >= 15 is 0 Å². The van der Waals surface area contributed by atoms with Crippen LogP contribution >= 0.6 is 0 Å². The number of hydrogen-bond donors (Lipinski definition) is 0. The lowest BCUT2D eigenvalue weighted by Gasteiger charge is -2.33. The number of carbonyl (C=O) groups excluding carboxylic acids is 2. The van der Waals surface area contributed by atoms with Gasteiger partial charge < -0.3 is 9.64 Å². The van der Waals surface area contributed by atoms with Crippen LogP contribution in [0.15, 0.2) is 18.5 Å². The van der Waals surface area contributed by atoms with E-state index in [4.69, 9.17) is 4.74 Å². The molecule has 19 heavy (non-hydrogen) atoms. The maximum atomic E-state index is 12.5. The predicted octanol–water partition coefficient (Wildman–Crippen LogP) is 1.56. The molecule has 102 valence electrons. The van der Waals surface area contributed by atoms with Gasteiger partial charge in [-0.2, -0.15) is 0 Å². The minimum Gasteiger partial charge on any atom is -0.467 e. The van der Waals surface area contributed by atoms with Crippen LogP contribution in [0.3, 0.4) is 0 Å². The first kappa shape index (κ1) is 13.5. The Hall–Kier alpha value is -1.91. The number of nitrogens with zero attached hydrogens (tertiary/aromatic N) is 2. The van der Waals surface area contributed by atoms with Crippen LogP contribution in [0, 0.1) is 6.92 Å². The second-order valence-corrected chi connectivity index (χ2v) is 4.78. The number of pyridine rings is 1. The van der Waals surface area contributed by atoms with Crippen molar-refractivity contribution in [3.8, 4) is 0 Å². The number of esters is 1. The van der Waals surface area contributed by atoms with Gasteiger partial charge in [-0.3, -0.25) is 9.78 Å². The van der Waals surface area contributed by atoms with Crippen LogP contribution in [0.4, 0.5) is 0 Å². The largest absolute Gasteiger partial charge is 0.467 e. The maximum Gasteiger partial charge on any atom is 0.328 e. The molecule has 1 unspecified atom stereocenters. The number of likely N-dealkylation sites (tertiary alicyclic amines) is 1. The number of rotatable bonds is 2. The molecule has 2 heterocycles. The Labute approximate surface area is 112 Å². The Morgan fingerprint density at radius 2 is 2.16 bits per heavy atom. The van der Waals surface area contributed by atoms with Gasteiger partial charge in [0.05, 0.1) is 12.7 Å². The van der Waals surface area contributed by atoms with Gasteiger partial charge in [-0.1, -0.05) is 0 Å². The summed E-state index contributed by atoms with van der Waals surface area (Å²) in [6, 6.07) is 1.32. The number of ether oxygens (including phenoxy) is 1. The summed E-state index contributed by atoms with van der Waals surface area (Å²) in [6.07, 6.45) is 5.76. The highest BCUT2D eigenvalue weighted by molar-refractivity contribution is 5.96. The van der Waals surface area contributed by atoms with Gasteiger partial charge >= 0.3 is 5.97 Å². The quantitative estimate of drug-likeness (QED) is 0.759. The van der Waals surface area contributed by atoms with E-state index in [9.17, 15) is 9.59 Å². The molecule has 2 rings (SSSR count). The molecule has 1 fully saturated rings. The molecule has 1 aliphatic heterocycles. The van der Waals surface area contributed by atoms with Crippen molar-refractivity contribution in [2.75, 3.05) is 13.7 Å². The van der Waals surface area contributed by atoms with Gasteiger partial charge in [-0.05, 0) is 37.8 Å². The molecule has 1 saturated heterocycles. The molecule has 0 bridgehead atoms. The number of carbonyl (C=O) groups is 2. The van der Waals surface area contributed by atoms with E-state index in [1.54, 1.807) is 17.2 Å². The topological polar surface area (TPSA) is 59.5 Å². The summed E-state index contributed by atoms with van der Waals surface area (Å²) in [5, 5.41) is 0. The Bertz CT molecular complexity index is 487. The molecule has 1 atom stereocenters. The molecule has 1 aromatic rings. The Morgan fingerprint density at radius 1 is 1.37 bits per heavy atom. The zero-order valence-corrected chi connectivity index (χ0v) is 11.3. The number of aryl methyl sites for hydroxylation is 1. The highest BCUT2D eigenvalue weighted by atomic mass is 16.5. The van der Waals surface area contributed by atoms with Crippen LogP contribution in [0.25, 0.3) is 0 Å². The number of hydrogen-bond acceptors (Lipinski definition) is 4. The lowest BCUT2D eigenvalue weighted by molar-refractivity contribution is -0.147. The molecule has 5 nitrogen and oxygen atoms in total. The van der Waals surface area contributed by atoms with Gasteiger partial charge in [0, 0.05) is 18.9 Å². The predicted molar refractivity (Wildman–Crippen MR) is 69.7 cm³/mol. The third kappa shape index (κ3) is 2.92. The lowest BCUT2D eigenvalue weighted by Crippen LogP contribution is -2.48. The second kappa shape index (κ2) is 5.82. The molecule has 5 heteroatoms. The molecule has 1 amide bonds. The van der Waals surface area contributed by atoms with Crippen molar-refractivity contribution in [1.82, 2.24) is 9.88 Å². The fraction of sp³-hybridized carbons (Fsp3) is 0.500. The van der Waals surface area contributed by atoms with Crippen molar-refractivity contribution in [3.05, 3.63) is 29.6 Å². The van der Waals surface area contributed by atoms with E-state index in [0.29, 0.717) is 18.5 Å². The normalized spacial score (nSPS) is 19.1. The monoisotopic (exact) mass is 262 g/mol. The average Bonchev–Trinajstić information content (AvgIpc) is 2.45. The molecule has 0 aliphatic carbocycles. The summed E-state index contributed by atoms with van der Waals surface area (Å²) in [5.41, 5.74) is 1.45. The number of methoxy groups -OCH3 is 1. The fourth-order valence-corrected chi connectivity index (χ4v) is 2.39. The SMILES string of the molecule is COC(=O)C1CCCCN1C(=O)c1cncc(C)c1. The zero-order valence-electron chi connectivity index (χ0n) is 11.3. The van der Waals surface area contributed by atoms with Crippen LogP contribution in [-0.4, -0.2) is 41.5 Å². The summed E-state index contributed by atoms with van der Waals surface area (Å²) >= 11 is 0. The summed E-state index contributed by atoms with van der Waals surface area (Å²) < 4.78 is 4.78. The van der Waals surface area contributed by atoms with Crippen LogP contribution in [0.1, 0.15) is 35.2 Å². The van der Waals surface area contributed by atoms with Crippen molar-refractivity contribution in [3.63, 3.8) is 0 Å². The maximum absolute atomic E-state index is 12.5. The molecule has 0 saturated carbocycles. The highest BCUT2D eigenvalue weighted by Crippen LogP contribution is 2.20. The van der Waals surface area contributed by atoms with Crippen LogP contribution in [0.2, 0.25) is 0 Å². The van der Waals surface area contributed by atoms with E-state index in [0.717, 1.165) is 18.4 Å². The van der Waals surface area contributed by atoms with Gasteiger partial charge in [0.15, 0.2) is 0 Å². The molecular weight excluding hydrogens is 244 g/mol. The lowest BCUT2D eigenvalue weighted by atomic mass is 10.0. The van der Waals surface area contributed by atoms with E-state index in [2.05, 4.69) is 4.98 Å². The molecule has 0 N–H and O–H groups in total. The van der Waals surface area contributed by atoms with Crippen molar-refractivity contribution in [2.24, 2.45) is 0 Å². The van der Waals surface area contributed by atoms with Crippen LogP contribution in [-0.2, 0) is 9.53 Å². The van der Waals surface area contributed by atoms with Crippen molar-refractivity contribution >= 4 is 11.9 Å².